The number of aliphatic hydroxyl groups is 1. The van der Waals surface area contributed by atoms with Gasteiger partial charge in [0.1, 0.15) is 0 Å². The first kappa shape index (κ1) is 32.8. The second-order valence-electron chi connectivity index (χ2n) is 6.53. The van der Waals surface area contributed by atoms with Crippen molar-refractivity contribution in [3.05, 3.63) is 7.43 Å². The standard InChI is InChI=1S/C13H26.CH4O.2CHO.CH3.Ir/c1-8(2)10-11(9(3)4)12(10)13(5,6)7;3*1-2;;/h8-12H,1-7H3;2H,1H3;2*1H;1H3;/q;;3*-1;+3. The van der Waals surface area contributed by atoms with Crippen LogP contribution in [-0.2, 0) is 29.7 Å². The topological polar surface area (TPSA) is 54.4 Å². The van der Waals surface area contributed by atoms with Crippen LogP contribution >= 0.6 is 0 Å². The molecule has 2 unspecified atom stereocenters. The third-order valence-electron chi connectivity index (χ3n) is 3.67. The summed E-state index contributed by atoms with van der Waals surface area (Å²) in [5.41, 5.74) is 0.518. The van der Waals surface area contributed by atoms with Crippen LogP contribution in [0.25, 0.3) is 0 Å². The number of rotatable bonds is 2. The predicted octanol–water partition coefficient (Wildman–Crippen LogP) is 3.71. The molecule has 21 heavy (non-hydrogen) atoms. The van der Waals surface area contributed by atoms with Crippen LogP contribution in [0.2, 0.25) is 0 Å². The third kappa shape index (κ3) is 11.2. The molecule has 4 heteroatoms. The van der Waals surface area contributed by atoms with Crippen molar-refractivity contribution < 1.29 is 34.8 Å². The number of hydrogen-bond acceptors (Lipinski definition) is 3. The first-order chi connectivity index (χ1) is 8.76. The summed E-state index contributed by atoms with van der Waals surface area (Å²) in [4.78, 5) is 15.5. The maximum atomic E-state index is 7.75. The van der Waals surface area contributed by atoms with Gasteiger partial charge in [-0.1, -0.05) is 48.5 Å². The van der Waals surface area contributed by atoms with Crippen LogP contribution in [0.4, 0.5) is 0 Å². The molecule has 0 aliphatic heterocycles. The van der Waals surface area contributed by atoms with E-state index in [4.69, 9.17) is 14.7 Å². The predicted molar refractivity (Wildman–Crippen MR) is 87.7 cm³/mol. The second kappa shape index (κ2) is 16.3. The van der Waals surface area contributed by atoms with E-state index in [-0.39, 0.29) is 27.5 Å². The fourth-order valence-corrected chi connectivity index (χ4v) is 3.23. The average molecular weight is 480 g/mol. The quantitative estimate of drug-likeness (QED) is 0.485. The van der Waals surface area contributed by atoms with Gasteiger partial charge < -0.3 is 22.1 Å². The minimum Gasteiger partial charge on any atom is -0.545 e. The maximum absolute atomic E-state index is 7.75. The van der Waals surface area contributed by atoms with E-state index in [0.29, 0.717) is 5.41 Å². The summed E-state index contributed by atoms with van der Waals surface area (Å²) in [5, 5.41) is 7.00. The van der Waals surface area contributed by atoms with Crippen molar-refractivity contribution in [1.82, 2.24) is 0 Å². The van der Waals surface area contributed by atoms with E-state index in [9.17, 15) is 0 Å². The van der Waals surface area contributed by atoms with Crippen LogP contribution in [0, 0.1) is 42.4 Å². The molecule has 0 bridgehead atoms. The Morgan fingerprint density at radius 3 is 1.05 bits per heavy atom. The first-order valence-corrected chi connectivity index (χ1v) is 6.68. The molecule has 1 rings (SSSR count). The van der Waals surface area contributed by atoms with E-state index in [1.54, 1.807) is 0 Å². The molecule has 0 aromatic carbocycles. The molecule has 1 aliphatic rings. The van der Waals surface area contributed by atoms with Crippen LogP contribution in [0.15, 0.2) is 0 Å². The molecule has 1 N–H and O–H groups in total. The molecule has 0 aromatic heterocycles. The first-order valence-electron chi connectivity index (χ1n) is 6.68. The van der Waals surface area contributed by atoms with Gasteiger partial charge in [0.2, 0.25) is 0 Å². The van der Waals surface area contributed by atoms with Crippen molar-refractivity contribution in [1.29, 1.82) is 0 Å². The van der Waals surface area contributed by atoms with Gasteiger partial charge in [0.25, 0.3) is 0 Å². The molecular formula is C17H35IrO3. The number of aliphatic hydroxyl groups excluding tert-OH is 1. The van der Waals surface area contributed by atoms with Crippen LogP contribution in [0.5, 0.6) is 0 Å². The van der Waals surface area contributed by atoms with E-state index < -0.39 is 0 Å². The Hall–Kier alpha value is -0.0506. The molecule has 0 saturated heterocycles. The SMILES string of the molecule is CC(C)C1C(C(C)C)C1C(C)(C)C.CO.[CH-]=O.[CH-]=O.[CH3-].[Ir+3]. The summed E-state index contributed by atoms with van der Waals surface area (Å²) in [7, 11) is 1.00. The smallest absolute Gasteiger partial charge is 0.545 e. The fraction of sp³-hybridized carbons (Fsp3) is 0.824. The van der Waals surface area contributed by atoms with Crippen molar-refractivity contribution in [3.63, 3.8) is 0 Å². The molecule has 1 saturated carbocycles. The van der Waals surface area contributed by atoms with Crippen molar-refractivity contribution in [2.75, 3.05) is 7.11 Å². The third-order valence-corrected chi connectivity index (χ3v) is 3.67. The van der Waals surface area contributed by atoms with Crippen molar-refractivity contribution in [2.24, 2.45) is 35.0 Å². The molecule has 1 aliphatic carbocycles. The van der Waals surface area contributed by atoms with E-state index in [1.165, 1.54) is 0 Å². The van der Waals surface area contributed by atoms with Gasteiger partial charge in [-0.15, -0.1) is 0 Å². The number of carbonyl (C=O) groups excluding carboxylic acids is 2. The second-order valence-corrected chi connectivity index (χ2v) is 6.53. The monoisotopic (exact) mass is 480 g/mol. The minimum absolute atomic E-state index is 0. The van der Waals surface area contributed by atoms with Gasteiger partial charge in [-0.25, -0.2) is 0 Å². The van der Waals surface area contributed by atoms with Crippen LogP contribution in [0.3, 0.4) is 0 Å². The molecule has 3 nitrogen and oxygen atoms in total. The molecule has 0 aromatic rings. The van der Waals surface area contributed by atoms with Gasteiger partial charge >= 0.3 is 20.1 Å². The van der Waals surface area contributed by atoms with Crippen LogP contribution < -0.4 is 0 Å². The van der Waals surface area contributed by atoms with Crippen LogP contribution in [0.1, 0.15) is 48.5 Å². The summed E-state index contributed by atoms with van der Waals surface area (Å²) < 4.78 is 0. The Labute approximate surface area is 146 Å². The van der Waals surface area contributed by atoms with Crippen molar-refractivity contribution >= 4 is 13.6 Å². The van der Waals surface area contributed by atoms with Crippen LogP contribution in [-0.4, -0.2) is 25.8 Å². The zero-order valence-corrected chi connectivity index (χ0v) is 17.5. The Kier molecular flexibility index (Phi) is 25.5. The summed E-state index contributed by atoms with van der Waals surface area (Å²) >= 11 is 0. The Morgan fingerprint density at radius 1 is 0.810 bits per heavy atom. The zero-order valence-electron chi connectivity index (χ0n) is 15.1. The largest absolute Gasteiger partial charge is 3.00 e. The molecule has 1 fully saturated rings. The Balaban J connectivity index is -0.0000000951. The minimum atomic E-state index is 0. The molecule has 0 heterocycles. The van der Waals surface area contributed by atoms with E-state index in [1.807, 2.05) is 0 Å². The van der Waals surface area contributed by atoms with Gasteiger partial charge in [-0.2, -0.15) is 0 Å². The van der Waals surface area contributed by atoms with E-state index in [2.05, 4.69) is 62.0 Å². The van der Waals surface area contributed by atoms with Gasteiger partial charge in [0, 0.05) is 7.11 Å². The Morgan fingerprint density at radius 2 is 1.00 bits per heavy atom. The molecule has 0 amide bonds. The van der Waals surface area contributed by atoms with Crippen molar-refractivity contribution in [2.45, 2.75) is 48.5 Å². The zero-order chi connectivity index (χ0) is 16.4. The van der Waals surface area contributed by atoms with Crippen molar-refractivity contribution in [3.8, 4) is 0 Å². The van der Waals surface area contributed by atoms with Gasteiger partial charge in [-0.05, 0) is 35.0 Å². The van der Waals surface area contributed by atoms with Gasteiger partial charge in [0.15, 0.2) is 0 Å². The molecule has 130 valence electrons. The molecule has 0 spiro atoms. The summed E-state index contributed by atoms with van der Waals surface area (Å²) in [6.45, 7) is 23.2. The van der Waals surface area contributed by atoms with Gasteiger partial charge in [0.05, 0.1) is 0 Å². The maximum Gasteiger partial charge on any atom is 3.00 e. The van der Waals surface area contributed by atoms with E-state index >= 15 is 0 Å². The average Bonchev–Trinajstić information content (AvgIpc) is 3.12. The number of hydrogen-bond donors (Lipinski definition) is 1. The summed E-state index contributed by atoms with van der Waals surface area (Å²) in [5.74, 6) is 4.68. The molecule has 0 radical (unpaired) electrons. The summed E-state index contributed by atoms with van der Waals surface area (Å²) in [6, 6.07) is 0. The fourth-order valence-electron chi connectivity index (χ4n) is 3.23. The summed E-state index contributed by atoms with van der Waals surface area (Å²) in [6.07, 6.45) is 0. The molecular weight excluding hydrogens is 444 g/mol. The van der Waals surface area contributed by atoms with Gasteiger partial charge in [-0.3, -0.25) is 13.6 Å². The normalized spacial score (nSPS) is 22.0. The Bertz CT molecular complexity index is 197. The van der Waals surface area contributed by atoms with E-state index in [0.717, 1.165) is 36.7 Å². The molecule has 2 atom stereocenters.